The van der Waals surface area contributed by atoms with Crippen LogP contribution in [0.3, 0.4) is 0 Å². The van der Waals surface area contributed by atoms with Crippen molar-refractivity contribution in [1.29, 1.82) is 0 Å². The lowest BCUT2D eigenvalue weighted by molar-refractivity contribution is -0.128. The van der Waals surface area contributed by atoms with E-state index in [1.165, 1.54) is 0 Å². The fourth-order valence-electron chi connectivity index (χ4n) is 1.69. The van der Waals surface area contributed by atoms with Gasteiger partial charge in [0.15, 0.2) is 0 Å². The minimum Gasteiger partial charge on any atom is -0.383 e. The van der Waals surface area contributed by atoms with Crippen LogP contribution in [0.4, 0.5) is 5.69 Å². The third-order valence-corrected chi connectivity index (χ3v) is 2.65. The third-order valence-electron chi connectivity index (χ3n) is 2.65. The van der Waals surface area contributed by atoms with Gasteiger partial charge in [-0.25, -0.2) is 0 Å². The molecule has 1 aliphatic rings. The molecule has 1 aromatic rings. The number of anilines is 1. The van der Waals surface area contributed by atoms with Gasteiger partial charge in [-0.2, -0.15) is 5.10 Å². The molecule has 0 radical (unpaired) electrons. The molecule has 1 aromatic heterocycles. The van der Waals surface area contributed by atoms with Crippen molar-refractivity contribution in [2.75, 3.05) is 38.7 Å². The van der Waals surface area contributed by atoms with Crippen LogP contribution in [-0.2, 0) is 20.8 Å². The second kappa shape index (κ2) is 6.48. The van der Waals surface area contributed by atoms with E-state index < -0.39 is 6.10 Å². The molecular weight excluding hydrogens is 236 g/mol. The Balaban J connectivity index is 1.84. The molecule has 1 amide bonds. The highest BCUT2D eigenvalue weighted by molar-refractivity contribution is 5.94. The van der Waals surface area contributed by atoms with Gasteiger partial charge in [0.25, 0.3) is 5.91 Å². The third kappa shape index (κ3) is 3.52. The topological polar surface area (TPSA) is 77.4 Å². The number of nitrogens with one attached hydrogen (secondary N) is 2. The van der Waals surface area contributed by atoms with Crippen LogP contribution in [0.25, 0.3) is 0 Å². The molecule has 2 N–H and O–H groups in total. The van der Waals surface area contributed by atoms with Gasteiger partial charge in [0.05, 0.1) is 31.6 Å². The summed E-state index contributed by atoms with van der Waals surface area (Å²) in [5.74, 6) is -0.145. The van der Waals surface area contributed by atoms with Gasteiger partial charge >= 0.3 is 0 Å². The summed E-state index contributed by atoms with van der Waals surface area (Å²) in [6, 6.07) is 0. The Hall–Kier alpha value is -1.44. The molecule has 1 aliphatic heterocycles. The van der Waals surface area contributed by atoms with Crippen LogP contribution in [0.1, 0.15) is 0 Å². The van der Waals surface area contributed by atoms with Gasteiger partial charge in [-0.15, -0.1) is 0 Å². The number of carbonyl (C=O) groups is 1. The molecule has 1 unspecified atom stereocenters. The van der Waals surface area contributed by atoms with Gasteiger partial charge in [-0.3, -0.25) is 9.48 Å². The summed E-state index contributed by atoms with van der Waals surface area (Å²) in [5, 5.41) is 10.0. The van der Waals surface area contributed by atoms with Crippen molar-refractivity contribution in [1.82, 2.24) is 15.1 Å². The lowest BCUT2D eigenvalue weighted by atomic mass is 10.3. The van der Waals surface area contributed by atoms with E-state index >= 15 is 0 Å². The Morgan fingerprint density at radius 1 is 1.78 bits per heavy atom. The molecule has 2 rings (SSSR count). The molecule has 100 valence electrons. The van der Waals surface area contributed by atoms with E-state index in [1.807, 2.05) is 0 Å². The van der Waals surface area contributed by atoms with Gasteiger partial charge in [-0.1, -0.05) is 0 Å². The van der Waals surface area contributed by atoms with E-state index in [0.717, 1.165) is 6.54 Å². The minimum absolute atomic E-state index is 0.145. The fourth-order valence-corrected chi connectivity index (χ4v) is 1.69. The predicted molar refractivity (Wildman–Crippen MR) is 65.3 cm³/mol. The van der Waals surface area contributed by atoms with Crippen molar-refractivity contribution in [3.05, 3.63) is 12.4 Å². The number of aromatic nitrogens is 2. The molecule has 0 saturated carbocycles. The number of methoxy groups -OCH3 is 1. The second-order valence-corrected chi connectivity index (χ2v) is 4.04. The number of morpholine rings is 1. The second-order valence-electron chi connectivity index (χ2n) is 4.04. The maximum Gasteiger partial charge on any atom is 0.254 e. The Labute approximate surface area is 105 Å². The highest BCUT2D eigenvalue weighted by Gasteiger charge is 2.21. The molecule has 1 saturated heterocycles. The Bertz CT molecular complexity index is 387. The number of nitrogens with zero attached hydrogens (tertiary/aromatic N) is 2. The smallest absolute Gasteiger partial charge is 0.254 e. The average Bonchev–Trinajstić information content (AvgIpc) is 2.85. The number of rotatable bonds is 5. The zero-order valence-corrected chi connectivity index (χ0v) is 10.4. The van der Waals surface area contributed by atoms with E-state index in [1.54, 1.807) is 24.2 Å². The summed E-state index contributed by atoms with van der Waals surface area (Å²) < 4.78 is 12.0. The number of amides is 1. The van der Waals surface area contributed by atoms with Crippen molar-refractivity contribution in [3.63, 3.8) is 0 Å². The summed E-state index contributed by atoms with van der Waals surface area (Å²) >= 11 is 0. The van der Waals surface area contributed by atoms with Crippen molar-refractivity contribution in [2.24, 2.45) is 0 Å². The van der Waals surface area contributed by atoms with Crippen LogP contribution in [0.15, 0.2) is 12.4 Å². The van der Waals surface area contributed by atoms with Crippen LogP contribution in [0, 0.1) is 0 Å². The zero-order valence-electron chi connectivity index (χ0n) is 10.4. The molecule has 0 spiro atoms. The van der Waals surface area contributed by atoms with Crippen molar-refractivity contribution in [3.8, 4) is 0 Å². The summed E-state index contributed by atoms with van der Waals surface area (Å²) in [7, 11) is 1.64. The lowest BCUT2D eigenvalue weighted by Gasteiger charge is -2.22. The summed E-state index contributed by atoms with van der Waals surface area (Å²) in [4.78, 5) is 11.9. The van der Waals surface area contributed by atoms with E-state index in [0.29, 0.717) is 32.0 Å². The molecule has 1 atom stereocenters. The van der Waals surface area contributed by atoms with Crippen LogP contribution < -0.4 is 10.6 Å². The molecule has 7 heteroatoms. The van der Waals surface area contributed by atoms with Crippen LogP contribution in [0.5, 0.6) is 0 Å². The van der Waals surface area contributed by atoms with Gasteiger partial charge in [0, 0.05) is 26.4 Å². The first-order chi connectivity index (χ1) is 8.79. The highest BCUT2D eigenvalue weighted by Crippen LogP contribution is 2.07. The van der Waals surface area contributed by atoms with Gasteiger partial charge in [0.1, 0.15) is 6.10 Å². The maximum absolute atomic E-state index is 11.9. The average molecular weight is 254 g/mol. The molecule has 0 aliphatic carbocycles. The maximum atomic E-state index is 11.9. The molecule has 2 heterocycles. The first-order valence-electron chi connectivity index (χ1n) is 5.94. The van der Waals surface area contributed by atoms with Crippen molar-refractivity contribution < 1.29 is 14.3 Å². The lowest BCUT2D eigenvalue weighted by Crippen LogP contribution is -2.45. The van der Waals surface area contributed by atoms with E-state index in [4.69, 9.17) is 9.47 Å². The van der Waals surface area contributed by atoms with E-state index in [-0.39, 0.29) is 5.91 Å². The molecule has 7 nitrogen and oxygen atoms in total. The summed E-state index contributed by atoms with van der Waals surface area (Å²) in [6.07, 6.45) is 2.96. The minimum atomic E-state index is -0.430. The molecular formula is C11H18N4O3. The van der Waals surface area contributed by atoms with Gasteiger partial charge in [-0.05, 0) is 0 Å². The molecule has 0 aromatic carbocycles. The number of carbonyl (C=O) groups excluding carboxylic acids is 1. The summed E-state index contributed by atoms with van der Waals surface area (Å²) in [6.45, 7) is 3.14. The molecule has 18 heavy (non-hydrogen) atoms. The molecule has 1 fully saturated rings. The Morgan fingerprint density at radius 3 is 3.39 bits per heavy atom. The summed E-state index contributed by atoms with van der Waals surface area (Å²) in [5.41, 5.74) is 0.672. The van der Waals surface area contributed by atoms with E-state index in [2.05, 4.69) is 15.7 Å². The first-order valence-corrected chi connectivity index (χ1v) is 5.94. The Morgan fingerprint density at radius 2 is 2.67 bits per heavy atom. The van der Waals surface area contributed by atoms with Crippen molar-refractivity contribution in [2.45, 2.75) is 12.6 Å². The fraction of sp³-hybridized carbons (Fsp3) is 0.636. The van der Waals surface area contributed by atoms with Crippen LogP contribution in [0.2, 0.25) is 0 Å². The van der Waals surface area contributed by atoms with Crippen LogP contribution >= 0.6 is 0 Å². The normalized spacial score (nSPS) is 19.7. The largest absolute Gasteiger partial charge is 0.383 e. The van der Waals surface area contributed by atoms with Gasteiger partial charge < -0.3 is 20.1 Å². The Kier molecular flexibility index (Phi) is 4.68. The monoisotopic (exact) mass is 254 g/mol. The quantitative estimate of drug-likeness (QED) is 0.737. The standard InChI is InChI=1S/C11H18N4O3/c1-17-5-3-15-8-9(6-13-15)14-11(16)10-7-12-2-4-18-10/h6,8,10,12H,2-5,7H2,1H3,(H,14,16). The highest BCUT2D eigenvalue weighted by atomic mass is 16.5. The number of hydrogen-bond donors (Lipinski definition) is 2. The van der Waals surface area contributed by atoms with E-state index in [9.17, 15) is 4.79 Å². The van der Waals surface area contributed by atoms with Crippen LogP contribution in [-0.4, -0.2) is 55.2 Å². The zero-order chi connectivity index (χ0) is 12.8. The predicted octanol–water partition coefficient (Wildman–Crippen LogP) is -0.544. The SMILES string of the molecule is COCCn1cc(NC(=O)C2CNCCO2)cn1. The number of hydrogen-bond acceptors (Lipinski definition) is 5. The van der Waals surface area contributed by atoms with Crippen molar-refractivity contribution >= 4 is 11.6 Å². The van der Waals surface area contributed by atoms with Gasteiger partial charge in [0.2, 0.25) is 0 Å². The molecule has 0 bridgehead atoms. The number of ether oxygens (including phenoxy) is 2. The first kappa shape index (κ1) is 13.0.